The van der Waals surface area contributed by atoms with E-state index < -0.39 is 10.1 Å². The van der Waals surface area contributed by atoms with Crippen molar-refractivity contribution in [1.82, 2.24) is 0 Å². The number of rotatable bonds is 7. The zero-order chi connectivity index (χ0) is 11.9. The fourth-order valence-electron chi connectivity index (χ4n) is 1.35. The summed E-state index contributed by atoms with van der Waals surface area (Å²) in [4.78, 5) is 0.227. The maximum atomic E-state index is 11.6. The molecule has 101 valence electrons. The van der Waals surface area contributed by atoms with E-state index in [0.717, 1.165) is 25.7 Å². The summed E-state index contributed by atoms with van der Waals surface area (Å²) in [5.41, 5.74) is 0. The molecule has 1 rings (SSSR count). The van der Waals surface area contributed by atoms with E-state index in [-0.39, 0.29) is 33.9 Å². The van der Waals surface area contributed by atoms with Gasteiger partial charge in [0.2, 0.25) is 0 Å². The number of benzene rings is 1. The number of unbranched alkanes of at least 4 members (excludes halogenated alkanes) is 3. The Balaban J connectivity index is 0.00000256. The molecule has 0 saturated heterocycles. The average molecular weight is 350 g/mol. The summed E-state index contributed by atoms with van der Waals surface area (Å²) in [7, 11) is -3.55. The normalized spacial score (nSPS) is 10.9. The van der Waals surface area contributed by atoms with Gasteiger partial charge in [-0.15, -0.1) is 0 Å². The van der Waals surface area contributed by atoms with Gasteiger partial charge in [0.05, 0.1) is 11.5 Å². The van der Waals surface area contributed by atoms with Gasteiger partial charge in [-0.3, -0.25) is 4.18 Å². The molecule has 0 fully saturated rings. The molecule has 0 heterocycles. The van der Waals surface area contributed by atoms with E-state index in [1.54, 1.807) is 30.3 Å². The van der Waals surface area contributed by atoms with Crippen molar-refractivity contribution in [2.24, 2.45) is 0 Å². The van der Waals surface area contributed by atoms with Crippen LogP contribution in [0.15, 0.2) is 35.2 Å². The summed E-state index contributed by atoms with van der Waals surface area (Å²) in [5, 5.41) is 0. The summed E-state index contributed by atoms with van der Waals surface area (Å²) in [5.74, 6) is 0. The molecule has 0 aliphatic heterocycles. The van der Waals surface area contributed by atoms with Crippen LogP contribution in [-0.2, 0) is 36.7 Å². The molecule has 1 radical (unpaired) electrons. The maximum Gasteiger partial charge on any atom is 0.296 e. The first kappa shape index (κ1) is 16.9. The minimum Gasteiger partial charge on any atom is -0.266 e. The molecule has 0 atom stereocenters. The molecule has 3 nitrogen and oxygen atoms in total. The van der Waals surface area contributed by atoms with Crippen LogP contribution >= 0.6 is 0 Å². The summed E-state index contributed by atoms with van der Waals surface area (Å²) in [6, 6.07) is 8.24. The minimum atomic E-state index is -3.55. The molecule has 0 bridgehead atoms. The van der Waals surface area contributed by atoms with Crippen molar-refractivity contribution in [3.63, 3.8) is 0 Å². The largest absolute Gasteiger partial charge is 0.296 e. The van der Waals surface area contributed by atoms with E-state index >= 15 is 0 Å². The smallest absolute Gasteiger partial charge is 0.266 e. The Morgan fingerprint density at radius 3 is 2.29 bits per heavy atom. The van der Waals surface area contributed by atoms with Gasteiger partial charge in [0.15, 0.2) is 0 Å². The fourth-order valence-corrected chi connectivity index (χ4v) is 2.32. The van der Waals surface area contributed by atoms with Gasteiger partial charge >= 0.3 is 0 Å². The van der Waals surface area contributed by atoms with Crippen molar-refractivity contribution in [1.29, 1.82) is 0 Å². The predicted molar refractivity (Wildman–Crippen MR) is 63.7 cm³/mol. The maximum absolute atomic E-state index is 11.6. The van der Waals surface area contributed by atoms with E-state index in [1.165, 1.54) is 0 Å². The van der Waals surface area contributed by atoms with Crippen molar-refractivity contribution in [3.8, 4) is 0 Å². The molecule has 0 amide bonds. The molecule has 17 heavy (non-hydrogen) atoms. The van der Waals surface area contributed by atoms with E-state index in [9.17, 15) is 8.42 Å². The van der Waals surface area contributed by atoms with Crippen molar-refractivity contribution >= 4 is 10.1 Å². The van der Waals surface area contributed by atoms with Crippen LogP contribution in [0.2, 0.25) is 0 Å². The van der Waals surface area contributed by atoms with Crippen LogP contribution in [0.25, 0.3) is 0 Å². The molecule has 0 saturated carbocycles. The van der Waals surface area contributed by atoms with Crippen LogP contribution in [0.4, 0.5) is 0 Å². The Hall–Kier alpha value is -0.130. The van der Waals surface area contributed by atoms with Gasteiger partial charge in [-0.05, 0) is 18.6 Å². The number of hydrogen-bond donors (Lipinski definition) is 0. The van der Waals surface area contributed by atoms with Crippen LogP contribution < -0.4 is 0 Å². The summed E-state index contributed by atoms with van der Waals surface area (Å²) in [6.45, 7) is 2.39. The first-order valence-corrected chi connectivity index (χ1v) is 7.02. The monoisotopic (exact) mass is 349 g/mol. The Morgan fingerprint density at radius 1 is 1.06 bits per heavy atom. The third-order valence-electron chi connectivity index (χ3n) is 2.27. The van der Waals surface area contributed by atoms with Crippen LogP contribution in [0.3, 0.4) is 0 Å². The van der Waals surface area contributed by atoms with Crippen molar-refractivity contribution in [3.05, 3.63) is 30.3 Å². The fraction of sp³-hybridized carbons (Fsp3) is 0.500. The molecule has 1 aromatic rings. The average Bonchev–Trinajstić information content (AvgIpc) is 2.30. The first-order chi connectivity index (χ1) is 7.67. The number of hydrogen-bond acceptors (Lipinski definition) is 3. The van der Waals surface area contributed by atoms with Crippen LogP contribution in [0.1, 0.15) is 32.6 Å². The molecule has 1 aromatic carbocycles. The zero-order valence-corrected chi connectivity index (χ0v) is 12.2. The van der Waals surface area contributed by atoms with Gasteiger partial charge in [-0.25, -0.2) is 0 Å². The Morgan fingerprint density at radius 2 is 1.71 bits per heavy atom. The van der Waals surface area contributed by atoms with Crippen LogP contribution in [0, 0.1) is 0 Å². The van der Waals surface area contributed by atoms with Crippen LogP contribution in [-0.4, -0.2) is 15.0 Å². The van der Waals surface area contributed by atoms with Gasteiger partial charge in [0.25, 0.3) is 10.1 Å². The van der Waals surface area contributed by atoms with Gasteiger partial charge in [-0.2, -0.15) is 8.42 Å². The molecule has 0 N–H and O–H groups in total. The van der Waals surface area contributed by atoms with E-state index in [1.807, 2.05) is 0 Å². The first-order valence-electron chi connectivity index (χ1n) is 5.61. The summed E-state index contributed by atoms with van der Waals surface area (Å²) >= 11 is 0. The Bertz CT molecular complexity index is 389. The molecule has 0 aliphatic carbocycles. The SMILES string of the molecule is CCCCCCOS(=O)(=O)c1ccccc1.[Ag]. The summed E-state index contributed by atoms with van der Waals surface area (Å²) < 4.78 is 28.2. The van der Waals surface area contributed by atoms with Gasteiger partial charge < -0.3 is 0 Å². The summed E-state index contributed by atoms with van der Waals surface area (Å²) in [6.07, 6.45) is 4.06. The minimum absolute atomic E-state index is 0. The van der Waals surface area contributed by atoms with E-state index in [0.29, 0.717) is 0 Å². The Labute approximate surface area is 119 Å². The molecule has 5 heteroatoms. The zero-order valence-electron chi connectivity index (χ0n) is 9.86. The van der Waals surface area contributed by atoms with Gasteiger partial charge in [-0.1, -0.05) is 44.4 Å². The molecular weight excluding hydrogens is 332 g/mol. The molecule has 0 unspecified atom stereocenters. The molecular formula is C12H18AgO3S. The molecule has 0 spiro atoms. The van der Waals surface area contributed by atoms with Gasteiger partial charge in [0, 0.05) is 22.4 Å². The predicted octanol–water partition coefficient (Wildman–Crippen LogP) is 2.97. The van der Waals surface area contributed by atoms with Crippen molar-refractivity contribution < 1.29 is 35.0 Å². The Kier molecular flexibility index (Phi) is 8.82. The molecule has 0 aliphatic rings. The van der Waals surface area contributed by atoms with Crippen LogP contribution in [0.5, 0.6) is 0 Å². The molecule has 0 aromatic heterocycles. The van der Waals surface area contributed by atoms with Crippen molar-refractivity contribution in [2.75, 3.05) is 6.61 Å². The van der Waals surface area contributed by atoms with E-state index in [4.69, 9.17) is 4.18 Å². The quantitative estimate of drug-likeness (QED) is 0.431. The van der Waals surface area contributed by atoms with E-state index in [2.05, 4.69) is 6.92 Å². The third-order valence-corrected chi connectivity index (χ3v) is 3.59. The third kappa shape index (κ3) is 6.38. The standard InChI is InChI=1S/C12H18O3S.Ag/c1-2-3-4-8-11-15-16(13,14)12-9-6-5-7-10-12;/h5-7,9-10H,2-4,8,11H2,1H3;. The second-order valence-electron chi connectivity index (χ2n) is 3.65. The topological polar surface area (TPSA) is 43.4 Å². The van der Waals surface area contributed by atoms with Crippen molar-refractivity contribution in [2.45, 2.75) is 37.5 Å². The second kappa shape index (κ2) is 8.89. The van der Waals surface area contributed by atoms with Gasteiger partial charge in [0.1, 0.15) is 0 Å². The second-order valence-corrected chi connectivity index (χ2v) is 5.27.